The van der Waals surface area contributed by atoms with E-state index in [1.165, 1.54) is 5.56 Å². The number of phenols is 1. The van der Waals surface area contributed by atoms with Crippen LogP contribution in [0.1, 0.15) is 16.7 Å². The summed E-state index contributed by atoms with van der Waals surface area (Å²) in [5, 5.41) is 16.3. The zero-order valence-corrected chi connectivity index (χ0v) is 8.05. The van der Waals surface area contributed by atoms with Crippen LogP contribution in [0.3, 0.4) is 0 Å². The van der Waals surface area contributed by atoms with E-state index in [1.54, 1.807) is 0 Å². The highest BCUT2D eigenvalue weighted by Gasteiger charge is 1.98. The van der Waals surface area contributed by atoms with Crippen LogP contribution in [0.2, 0.25) is 0 Å². The fraction of sp³-hybridized carbons (Fsp3) is 0.400. The third-order valence-electron chi connectivity index (χ3n) is 1.64. The van der Waals surface area contributed by atoms with E-state index >= 15 is 0 Å². The molecule has 0 aliphatic rings. The zero-order valence-electron chi connectivity index (χ0n) is 8.05. The molecule has 0 unspecified atom stereocenters. The lowest BCUT2D eigenvalue weighted by Crippen LogP contribution is -1.81. The summed E-state index contributed by atoms with van der Waals surface area (Å²) < 4.78 is 0. The highest BCUT2D eigenvalue weighted by molar-refractivity contribution is 5.41. The van der Waals surface area contributed by atoms with E-state index in [2.05, 4.69) is 0 Å². The molecule has 0 fully saturated rings. The molecule has 0 aromatic heterocycles. The van der Waals surface area contributed by atoms with Crippen molar-refractivity contribution in [2.24, 2.45) is 0 Å². The molecule has 1 aromatic carbocycles. The number of hydrogen-bond acceptors (Lipinski definition) is 2. The number of benzene rings is 1. The Morgan fingerprint density at radius 1 is 0.917 bits per heavy atom. The summed E-state index contributed by atoms with van der Waals surface area (Å²) in [6.45, 7) is 5.85. The molecule has 0 aliphatic heterocycles. The minimum absolute atomic E-state index is 0.422. The summed E-state index contributed by atoms with van der Waals surface area (Å²) in [6.07, 6.45) is 0. The minimum Gasteiger partial charge on any atom is -0.507 e. The molecule has 2 heteroatoms. The highest BCUT2D eigenvalue weighted by atomic mass is 16.3. The molecule has 0 amide bonds. The van der Waals surface area contributed by atoms with Gasteiger partial charge in [-0.25, -0.2) is 0 Å². The van der Waals surface area contributed by atoms with Crippen molar-refractivity contribution in [1.82, 2.24) is 0 Å². The molecule has 12 heavy (non-hydrogen) atoms. The number of aliphatic hydroxyl groups is 1. The molecular weight excluding hydrogens is 152 g/mol. The van der Waals surface area contributed by atoms with Crippen molar-refractivity contribution in [1.29, 1.82) is 0 Å². The Balaban J connectivity index is 0.000000561. The molecule has 2 nitrogen and oxygen atoms in total. The van der Waals surface area contributed by atoms with Crippen molar-refractivity contribution in [3.63, 3.8) is 0 Å². The Kier molecular flexibility index (Phi) is 4.37. The van der Waals surface area contributed by atoms with Gasteiger partial charge in [-0.2, -0.15) is 0 Å². The highest BCUT2D eigenvalue weighted by Crippen LogP contribution is 2.21. The fourth-order valence-electron chi connectivity index (χ4n) is 1.17. The van der Waals surface area contributed by atoms with Gasteiger partial charge in [0.2, 0.25) is 0 Å². The predicted molar refractivity (Wildman–Crippen MR) is 50.5 cm³/mol. The largest absolute Gasteiger partial charge is 0.507 e. The summed E-state index contributed by atoms with van der Waals surface area (Å²) in [5.41, 5.74) is 3.11. The summed E-state index contributed by atoms with van der Waals surface area (Å²) in [7, 11) is 1.00. The lowest BCUT2D eigenvalue weighted by Gasteiger charge is -2.03. The molecule has 1 rings (SSSR count). The first-order valence-corrected chi connectivity index (χ1v) is 3.83. The average Bonchev–Trinajstić information content (AvgIpc) is 2.04. The van der Waals surface area contributed by atoms with Gasteiger partial charge in [0.1, 0.15) is 5.75 Å². The number of phenolic OH excluding ortho intramolecular Hbond substituents is 1. The molecule has 68 valence electrons. The van der Waals surface area contributed by atoms with Gasteiger partial charge in [0.25, 0.3) is 0 Å². The molecule has 0 atom stereocenters. The number of aromatic hydroxyl groups is 1. The molecule has 2 N–H and O–H groups in total. The van der Waals surface area contributed by atoms with Crippen molar-refractivity contribution < 1.29 is 10.2 Å². The number of aliphatic hydroxyl groups excluding tert-OH is 1. The standard InChI is InChI=1S/C9H12O.CH4O/c1-6-4-7(2)9(10)8(3)5-6;1-2/h4-5,10H,1-3H3;2H,1H3. The van der Waals surface area contributed by atoms with Crippen LogP contribution in [0.25, 0.3) is 0 Å². The first kappa shape index (κ1) is 11.0. The summed E-state index contributed by atoms with van der Waals surface area (Å²) >= 11 is 0. The van der Waals surface area contributed by atoms with Gasteiger partial charge >= 0.3 is 0 Å². The van der Waals surface area contributed by atoms with Crippen molar-refractivity contribution in [3.8, 4) is 5.75 Å². The van der Waals surface area contributed by atoms with Crippen LogP contribution in [-0.4, -0.2) is 17.3 Å². The van der Waals surface area contributed by atoms with Crippen LogP contribution >= 0.6 is 0 Å². The molecule has 0 saturated carbocycles. The van der Waals surface area contributed by atoms with Gasteiger partial charge < -0.3 is 10.2 Å². The maximum atomic E-state index is 9.33. The van der Waals surface area contributed by atoms with E-state index in [0.29, 0.717) is 5.75 Å². The Morgan fingerprint density at radius 2 is 1.25 bits per heavy atom. The minimum atomic E-state index is 0.422. The van der Waals surface area contributed by atoms with Gasteiger partial charge in [-0.3, -0.25) is 0 Å². The topological polar surface area (TPSA) is 40.5 Å². The number of rotatable bonds is 0. The maximum Gasteiger partial charge on any atom is 0.121 e. The molecule has 0 saturated heterocycles. The molecule has 0 bridgehead atoms. The lowest BCUT2D eigenvalue weighted by molar-refractivity contribution is 0.399. The number of hydrogen-bond donors (Lipinski definition) is 2. The maximum absolute atomic E-state index is 9.33. The van der Waals surface area contributed by atoms with Crippen LogP contribution in [0.15, 0.2) is 12.1 Å². The Hall–Kier alpha value is -1.02. The summed E-state index contributed by atoms with van der Waals surface area (Å²) in [4.78, 5) is 0. The smallest absolute Gasteiger partial charge is 0.121 e. The van der Waals surface area contributed by atoms with Crippen LogP contribution in [-0.2, 0) is 0 Å². The third kappa shape index (κ3) is 2.55. The van der Waals surface area contributed by atoms with Crippen molar-refractivity contribution >= 4 is 0 Å². The van der Waals surface area contributed by atoms with Crippen LogP contribution in [0, 0.1) is 20.8 Å². The lowest BCUT2D eigenvalue weighted by atomic mass is 10.1. The Morgan fingerprint density at radius 3 is 1.58 bits per heavy atom. The quantitative estimate of drug-likeness (QED) is 0.621. The molecule has 0 heterocycles. The summed E-state index contributed by atoms with van der Waals surface area (Å²) in [6, 6.07) is 3.95. The first-order chi connectivity index (χ1) is 5.61. The Bertz CT molecular complexity index is 231. The normalized spacial score (nSPS) is 8.75. The van der Waals surface area contributed by atoms with Crippen LogP contribution < -0.4 is 0 Å². The van der Waals surface area contributed by atoms with Gasteiger partial charge in [-0.15, -0.1) is 0 Å². The molecule has 1 aromatic rings. The Labute approximate surface area is 73.5 Å². The zero-order chi connectivity index (χ0) is 9.72. The van der Waals surface area contributed by atoms with Gasteiger partial charge in [0, 0.05) is 7.11 Å². The van der Waals surface area contributed by atoms with Crippen molar-refractivity contribution in [2.45, 2.75) is 20.8 Å². The second-order valence-corrected chi connectivity index (χ2v) is 2.75. The van der Waals surface area contributed by atoms with E-state index in [0.717, 1.165) is 18.2 Å². The van der Waals surface area contributed by atoms with E-state index < -0.39 is 0 Å². The third-order valence-corrected chi connectivity index (χ3v) is 1.64. The first-order valence-electron chi connectivity index (χ1n) is 3.83. The van der Waals surface area contributed by atoms with Gasteiger partial charge in [-0.1, -0.05) is 17.7 Å². The average molecular weight is 168 g/mol. The number of aryl methyl sites for hydroxylation is 3. The molecule has 0 radical (unpaired) electrons. The van der Waals surface area contributed by atoms with E-state index in [4.69, 9.17) is 5.11 Å². The second-order valence-electron chi connectivity index (χ2n) is 2.75. The molecular formula is C10H16O2. The predicted octanol–water partition coefficient (Wildman–Crippen LogP) is 1.93. The van der Waals surface area contributed by atoms with E-state index in [-0.39, 0.29) is 0 Å². The summed E-state index contributed by atoms with van der Waals surface area (Å²) in [5.74, 6) is 0.422. The van der Waals surface area contributed by atoms with Gasteiger partial charge in [0.15, 0.2) is 0 Å². The van der Waals surface area contributed by atoms with E-state index in [9.17, 15) is 5.11 Å². The molecule has 0 aliphatic carbocycles. The van der Waals surface area contributed by atoms with Crippen LogP contribution in [0.4, 0.5) is 0 Å². The SMILES string of the molecule is CO.Cc1cc(C)c(O)c(C)c1. The van der Waals surface area contributed by atoms with Crippen molar-refractivity contribution in [3.05, 3.63) is 28.8 Å². The molecule has 0 spiro atoms. The van der Waals surface area contributed by atoms with Gasteiger partial charge in [0.05, 0.1) is 0 Å². The van der Waals surface area contributed by atoms with Crippen molar-refractivity contribution in [2.75, 3.05) is 7.11 Å². The van der Waals surface area contributed by atoms with E-state index in [1.807, 2.05) is 32.9 Å². The second kappa shape index (κ2) is 4.78. The van der Waals surface area contributed by atoms with Crippen LogP contribution in [0.5, 0.6) is 5.75 Å². The monoisotopic (exact) mass is 168 g/mol. The van der Waals surface area contributed by atoms with Gasteiger partial charge in [-0.05, 0) is 31.9 Å². The fourth-order valence-corrected chi connectivity index (χ4v) is 1.17.